The molecule has 0 bridgehead atoms. The minimum atomic E-state index is 0.634. The zero-order valence-corrected chi connectivity index (χ0v) is 13.4. The quantitative estimate of drug-likeness (QED) is 0.487. The zero-order chi connectivity index (χ0) is 13.9. The first-order chi connectivity index (χ1) is 9.33. The summed E-state index contributed by atoms with van der Waals surface area (Å²) < 4.78 is 0. The highest BCUT2D eigenvalue weighted by Crippen LogP contribution is 2.20. The Morgan fingerprint density at radius 3 is 2.00 bits per heavy atom. The lowest BCUT2D eigenvalue weighted by molar-refractivity contribution is 0.145. The largest absolute Gasteiger partial charge is 0.356 e. The lowest BCUT2D eigenvalue weighted by atomic mass is 10.1. The minimum Gasteiger partial charge on any atom is -0.356 e. The number of nitrogens with zero attached hydrogens (tertiary/aromatic N) is 2. The fourth-order valence-electron chi connectivity index (χ4n) is 2.94. The molecule has 1 unspecified atom stereocenters. The summed E-state index contributed by atoms with van der Waals surface area (Å²) in [5, 5.41) is 0. The van der Waals surface area contributed by atoms with Gasteiger partial charge in [-0.1, -0.05) is 58.8 Å². The van der Waals surface area contributed by atoms with Gasteiger partial charge in [-0.25, -0.2) is 0 Å². The van der Waals surface area contributed by atoms with Crippen molar-refractivity contribution >= 4 is 0 Å². The summed E-state index contributed by atoms with van der Waals surface area (Å²) in [6.07, 6.45) is 17.6. The first-order valence-electron chi connectivity index (χ1n) is 8.53. The second kappa shape index (κ2) is 10.2. The molecular weight excluding hydrogens is 232 g/mol. The highest BCUT2D eigenvalue weighted by molar-refractivity contribution is 4.96. The highest BCUT2D eigenvalue weighted by atomic mass is 15.4. The number of hydrogen-bond acceptors (Lipinski definition) is 2. The molecule has 0 saturated heterocycles. The van der Waals surface area contributed by atoms with E-state index in [0.717, 1.165) is 6.54 Å². The van der Waals surface area contributed by atoms with Crippen molar-refractivity contribution in [3.8, 4) is 0 Å². The van der Waals surface area contributed by atoms with Gasteiger partial charge in [-0.15, -0.1) is 0 Å². The molecule has 2 heteroatoms. The van der Waals surface area contributed by atoms with Gasteiger partial charge in [-0.05, 0) is 19.8 Å². The Morgan fingerprint density at radius 1 is 0.737 bits per heavy atom. The molecule has 0 aliphatic carbocycles. The molecule has 112 valence electrons. The van der Waals surface area contributed by atoms with Gasteiger partial charge in [0.15, 0.2) is 0 Å². The van der Waals surface area contributed by atoms with Crippen molar-refractivity contribution in [2.24, 2.45) is 0 Å². The molecule has 0 aromatic heterocycles. The molecule has 0 amide bonds. The fourth-order valence-corrected chi connectivity index (χ4v) is 2.94. The second-order valence-electron chi connectivity index (χ2n) is 5.76. The van der Waals surface area contributed by atoms with Gasteiger partial charge in [0.05, 0.1) is 0 Å². The first kappa shape index (κ1) is 16.4. The molecule has 0 radical (unpaired) electrons. The van der Waals surface area contributed by atoms with E-state index in [1.54, 1.807) is 0 Å². The van der Waals surface area contributed by atoms with Gasteiger partial charge in [0.25, 0.3) is 0 Å². The van der Waals surface area contributed by atoms with E-state index in [0.29, 0.717) is 6.17 Å². The number of hydrogen-bond donors (Lipinski definition) is 0. The Labute approximate surface area is 120 Å². The Kier molecular flexibility index (Phi) is 8.77. The lowest BCUT2D eigenvalue weighted by Crippen LogP contribution is -2.38. The van der Waals surface area contributed by atoms with Crippen LogP contribution >= 0.6 is 0 Å². The number of unbranched alkanes of at least 4 members (excludes halogenated alkanes) is 6. The van der Waals surface area contributed by atoms with E-state index in [2.05, 4.69) is 43.0 Å². The van der Waals surface area contributed by atoms with Crippen molar-refractivity contribution in [2.75, 3.05) is 13.1 Å². The number of rotatable bonds is 11. The maximum absolute atomic E-state index is 2.55. The summed E-state index contributed by atoms with van der Waals surface area (Å²) in [7, 11) is 0. The van der Waals surface area contributed by atoms with E-state index in [1.807, 2.05) is 0 Å². The monoisotopic (exact) mass is 266 g/mol. The molecule has 0 spiro atoms. The molecule has 0 N–H and O–H groups in total. The molecule has 1 aliphatic heterocycles. The topological polar surface area (TPSA) is 6.48 Å². The van der Waals surface area contributed by atoms with E-state index >= 15 is 0 Å². The summed E-state index contributed by atoms with van der Waals surface area (Å²) >= 11 is 0. The van der Waals surface area contributed by atoms with Crippen LogP contribution in [0.3, 0.4) is 0 Å². The summed E-state index contributed by atoms with van der Waals surface area (Å²) in [6, 6.07) is 0. The van der Waals surface area contributed by atoms with Crippen LogP contribution in [0, 0.1) is 0 Å². The van der Waals surface area contributed by atoms with Crippen LogP contribution in [0.5, 0.6) is 0 Å². The Bertz CT molecular complexity index is 237. The Balaban J connectivity index is 2.12. The average Bonchev–Trinajstić information content (AvgIpc) is 2.81. The smallest absolute Gasteiger partial charge is 0.101 e. The van der Waals surface area contributed by atoms with E-state index in [4.69, 9.17) is 0 Å². The zero-order valence-electron chi connectivity index (χ0n) is 13.4. The van der Waals surface area contributed by atoms with Crippen LogP contribution in [0.1, 0.15) is 78.6 Å². The van der Waals surface area contributed by atoms with Gasteiger partial charge in [0.1, 0.15) is 6.17 Å². The highest BCUT2D eigenvalue weighted by Gasteiger charge is 2.23. The van der Waals surface area contributed by atoms with E-state index in [-0.39, 0.29) is 0 Å². The van der Waals surface area contributed by atoms with Crippen molar-refractivity contribution in [1.82, 2.24) is 9.80 Å². The summed E-state index contributed by atoms with van der Waals surface area (Å²) in [6.45, 7) is 9.20. The summed E-state index contributed by atoms with van der Waals surface area (Å²) in [5.41, 5.74) is 0. The molecule has 0 aromatic rings. The van der Waals surface area contributed by atoms with Gasteiger partial charge in [-0.3, -0.25) is 0 Å². The SMILES string of the molecule is CCCCCCCCCN1C=CN(CC)C1CCC. The van der Waals surface area contributed by atoms with Gasteiger partial charge < -0.3 is 9.80 Å². The molecule has 0 saturated carbocycles. The van der Waals surface area contributed by atoms with E-state index in [1.165, 1.54) is 64.3 Å². The van der Waals surface area contributed by atoms with Crippen LogP contribution in [-0.4, -0.2) is 29.1 Å². The van der Waals surface area contributed by atoms with Gasteiger partial charge in [0.2, 0.25) is 0 Å². The molecular formula is C17H34N2. The fraction of sp³-hybridized carbons (Fsp3) is 0.882. The third-order valence-electron chi connectivity index (χ3n) is 4.15. The predicted molar refractivity (Wildman–Crippen MR) is 84.9 cm³/mol. The molecule has 19 heavy (non-hydrogen) atoms. The molecule has 1 rings (SSSR count). The van der Waals surface area contributed by atoms with Crippen LogP contribution in [0.25, 0.3) is 0 Å². The third-order valence-corrected chi connectivity index (χ3v) is 4.15. The third kappa shape index (κ3) is 5.88. The lowest BCUT2D eigenvalue weighted by Gasteiger charge is -2.32. The van der Waals surface area contributed by atoms with Crippen LogP contribution < -0.4 is 0 Å². The van der Waals surface area contributed by atoms with Crippen molar-refractivity contribution < 1.29 is 0 Å². The van der Waals surface area contributed by atoms with E-state index < -0.39 is 0 Å². The predicted octanol–water partition coefficient (Wildman–Crippen LogP) is 4.97. The van der Waals surface area contributed by atoms with Crippen LogP contribution in [0.2, 0.25) is 0 Å². The average molecular weight is 266 g/mol. The van der Waals surface area contributed by atoms with Crippen LogP contribution in [0.15, 0.2) is 12.4 Å². The van der Waals surface area contributed by atoms with Crippen molar-refractivity contribution in [3.63, 3.8) is 0 Å². The van der Waals surface area contributed by atoms with E-state index in [9.17, 15) is 0 Å². The Hall–Kier alpha value is -0.660. The van der Waals surface area contributed by atoms with Crippen molar-refractivity contribution in [1.29, 1.82) is 0 Å². The Morgan fingerprint density at radius 2 is 1.37 bits per heavy atom. The van der Waals surface area contributed by atoms with Crippen molar-refractivity contribution in [2.45, 2.75) is 84.7 Å². The summed E-state index contributed by atoms with van der Waals surface area (Å²) in [5.74, 6) is 0. The molecule has 2 nitrogen and oxygen atoms in total. The van der Waals surface area contributed by atoms with Crippen LogP contribution in [-0.2, 0) is 0 Å². The normalized spacial score (nSPS) is 18.6. The second-order valence-corrected chi connectivity index (χ2v) is 5.76. The molecule has 0 fully saturated rings. The standard InChI is InChI=1S/C17H34N2/c1-4-7-8-9-10-11-12-14-19-16-15-18(6-3)17(19)13-5-2/h15-17H,4-14H2,1-3H3. The molecule has 1 atom stereocenters. The van der Waals surface area contributed by atoms with Crippen LogP contribution in [0.4, 0.5) is 0 Å². The maximum Gasteiger partial charge on any atom is 0.101 e. The first-order valence-corrected chi connectivity index (χ1v) is 8.53. The molecule has 1 heterocycles. The van der Waals surface area contributed by atoms with Gasteiger partial charge in [-0.2, -0.15) is 0 Å². The summed E-state index contributed by atoms with van der Waals surface area (Å²) in [4.78, 5) is 5.03. The molecule has 0 aromatic carbocycles. The maximum atomic E-state index is 2.55. The van der Waals surface area contributed by atoms with Gasteiger partial charge >= 0.3 is 0 Å². The van der Waals surface area contributed by atoms with Gasteiger partial charge in [0, 0.05) is 25.5 Å². The van der Waals surface area contributed by atoms with Crippen molar-refractivity contribution in [3.05, 3.63) is 12.4 Å². The minimum absolute atomic E-state index is 0.634. The molecule has 1 aliphatic rings.